The number of hydrogen-bond donors (Lipinski definition) is 2. The van der Waals surface area contributed by atoms with Gasteiger partial charge in [-0.3, -0.25) is 0 Å². The van der Waals surface area contributed by atoms with E-state index in [-0.39, 0.29) is 0 Å². The highest BCUT2D eigenvalue weighted by Crippen LogP contribution is 2.25. The second kappa shape index (κ2) is 6.21. The average molecular weight is 282 g/mol. The molecule has 0 amide bonds. The lowest BCUT2D eigenvalue weighted by atomic mass is 9.92. The second-order valence-electron chi connectivity index (χ2n) is 5.84. The number of hydrogen-bond acceptors (Lipinski definition) is 2. The molecule has 21 heavy (non-hydrogen) atoms. The standard InChI is InChI=1S/C19H26N2/c1-5-14-9-16(12(3)7-18(14)20)11-17-10-15(6-2)19(21)8-13(17)4/h7-10H,5-6,11,20-21H2,1-4H3. The highest BCUT2D eigenvalue weighted by atomic mass is 14.6. The number of nitrogens with two attached hydrogens (primary N) is 2. The van der Waals surface area contributed by atoms with E-state index in [4.69, 9.17) is 11.5 Å². The summed E-state index contributed by atoms with van der Waals surface area (Å²) in [6.07, 6.45) is 2.89. The molecule has 2 nitrogen and oxygen atoms in total. The molecular formula is C19H26N2. The fraction of sp³-hybridized carbons (Fsp3) is 0.368. The minimum absolute atomic E-state index is 0.905. The Morgan fingerprint density at radius 1 is 0.667 bits per heavy atom. The Morgan fingerprint density at radius 3 is 1.38 bits per heavy atom. The maximum absolute atomic E-state index is 6.07. The van der Waals surface area contributed by atoms with E-state index in [1.165, 1.54) is 33.4 Å². The van der Waals surface area contributed by atoms with E-state index in [9.17, 15) is 0 Å². The van der Waals surface area contributed by atoms with Crippen molar-refractivity contribution < 1.29 is 0 Å². The van der Waals surface area contributed by atoms with Crippen LogP contribution in [0.3, 0.4) is 0 Å². The first-order valence-electron chi connectivity index (χ1n) is 7.72. The van der Waals surface area contributed by atoms with E-state index in [2.05, 4.69) is 52.0 Å². The summed E-state index contributed by atoms with van der Waals surface area (Å²) in [4.78, 5) is 0. The van der Waals surface area contributed by atoms with Crippen molar-refractivity contribution in [2.75, 3.05) is 11.5 Å². The number of rotatable bonds is 4. The molecule has 0 aliphatic rings. The minimum Gasteiger partial charge on any atom is -0.398 e. The number of benzene rings is 2. The Kier molecular flexibility index (Phi) is 4.56. The maximum Gasteiger partial charge on any atom is 0.0349 e. The van der Waals surface area contributed by atoms with Crippen molar-refractivity contribution >= 4 is 11.4 Å². The van der Waals surface area contributed by atoms with E-state index in [0.29, 0.717) is 0 Å². The molecule has 4 N–H and O–H groups in total. The highest BCUT2D eigenvalue weighted by molar-refractivity contribution is 5.55. The van der Waals surface area contributed by atoms with Crippen molar-refractivity contribution in [3.05, 3.63) is 57.6 Å². The van der Waals surface area contributed by atoms with Crippen LogP contribution in [0.4, 0.5) is 11.4 Å². The van der Waals surface area contributed by atoms with Crippen LogP contribution in [0.1, 0.15) is 47.2 Å². The van der Waals surface area contributed by atoms with Crippen molar-refractivity contribution in [1.82, 2.24) is 0 Å². The SMILES string of the molecule is CCc1cc(Cc2cc(CC)c(N)cc2C)c(C)cc1N. The largest absolute Gasteiger partial charge is 0.398 e. The molecule has 2 rings (SSSR count). The lowest BCUT2D eigenvalue weighted by Gasteiger charge is -2.15. The summed E-state index contributed by atoms with van der Waals surface area (Å²) in [5.41, 5.74) is 21.7. The Morgan fingerprint density at radius 2 is 1.05 bits per heavy atom. The smallest absolute Gasteiger partial charge is 0.0349 e. The van der Waals surface area contributed by atoms with Gasteiger partial charge in [-0.15, -0.1) is 0 Å². The van der Waals surface area contributed by atoms with Crippen LogP contribution in [-0.2, 0) is 19.3 Å². The summed E-state index contributed by atoms with van der Waals surface area (Å²) in [6.45, 7) is 8.57. The highest BCUT2D eigenvalue weighted by Gasteiger charge is 2.09. The van der Waals surface area contributed by atoms with Crippen LogP contribution in [0.5, 0.6) is 0 Å². The molecule has 0 saturated carbocycles. The molecule has 0 aliphatic heterocycles. The zero-order valence-electron chi connectivity index (χ0n) is 13.6. The minimum atomic E-state index is 0.905. The fourth-order valence-corrected chi connectivity index (χ4v) is 2.85. The Hall–Kier alpha value is -1.96. The third-order valence-corrected chi connectivity index (χ3v) is 4.34. The van der Waals surface area contributed by atoms with Gasteiger partial charge in [-0.2, -0.15) is 0 Å². The zero-order valence-corrected chi connectivity index (χ0v) is 13.6. The van der Waals surface area contributed by atoms with Gasteiger partial charge in [0.25, 0.3) is 0 Å². The van der Waals surface area contributed by atoms with Crippen molar-refractivity contribution in [3.63, 3.8) is 0 Å². The molecule has 0 fully saturated rings. The Labute approximate surface area is 128 Å². The van der Waals surface area contributed by atoms with E-state index < -0.39 is 0 Å². The van der Waals surface area contributed by atoms with Gasteiger partial charge in [0.15, 0.2) is 0 Å². The van der Waals surface area contributed by atoms with E-state index in [1.807, 2.05) is 0 Å². The predicted molar refractivity (Wildman–Crippen MR) is 92.7 cm³/mol. The van der Waals surface area contributed by atoms with E-state index in [0.717, 1.165) is 30.6 Å². The van der Waals surface area contributed by atoms with Gasteiger partial charge in [0, 0.05) is 11.4 Å². The van der Waals surface area contributed by atoms with Gasteiger partial charge in [-0.25, -0.2) is 0 Å². The van der Waals surface area contributed by atoms with Gasteiger partial charge >= 0.3 is 0 Å². The van der Waals surface area contributed by atoms with Crippen molar-refractivity contribution in [1.29, 1.82) is 0 Å². The Balaban J connectivity index is 2.42. The molecule has 0 aromatic heterocycles. The van der Waals surface area contributed by atoms with Gasteiger partial charge in [0.2, 0.25) is 0 Å². The molecule has 112 valence electrons. The summed E-state index contributed by atoms with van der Waals surface area (Å²) < 4.78 is 0. The van der Waals surface area contributed by atoms with Gasteiger partial charge in [-0.05, 0) is 78.6 Å². The topological polar surface area (TPSA) is 52.0 Å². The first-order chi connectivity index (χ1) is 9.96. The van der Waals surface area contributed by atoms with Gasteiger partial charge in [-0.1, -0.05) is 26.0 Å². The molecule has 0 aliphatic carbocycles. The molecule has 2 aromatic carbocycles. The Bertz CT molecular complexity index is 600. The van der Waals surface area contributed by atoms with Crippen LogP contribution in [0.15, 0.2) is 24.3 Å². The summed E-state index contributed by atoms with van der Waals surface area (Å²) >= 11 is 0. The van der Waals surface area contributed by atoms with Crippen molar-refractivity contribution in [2.45, 2.75) is 47.0 Å². The predicted octanol–water partition coefficient (Wildman–Crippen LogP) is 4.18. The lowest BCUT2D eigenvalue weighted by molar-refractivity contribution is 1.06. The number of anilines is 2. The van der Waals surface area contributed by atoms with Crippen molar-refractivity contribution in [2.24, 2.45) is 0 Å². The number of nitrogen functional groups attached to an aromatic ring is 2. The molecule has 2 aromatic rings. The van der Waals surface area contributed by atoms with Crippen LogP contribution in [0, 0.1) is 13.8 Å². The number of aryl methyl sites for hydroxylation is 4. The molecule has 2 heteroatoms. The molecule has 0 spiro atoms. The van der Waals surface area contributed by atoms with Gasteiger partial charge < -0.3 is 11.5 Å². The third-order valence-electron chi connectivity index (χ3n) is 4.34. The molecule has 0 saturated heterocycles. The lowest BCUT2D eigenvalue weighted by Crippen LogP contribution is -2.02. The van der Waals surface area contributed by atoms with Crippen LogP contribution < -0.4 is 11.5 Å². The first-order valence-corrected chi connectivity index (χ1v) is 7.72. The monoisotopic (exact) mass is 282 g/mol. The van der Waals surface area contributed by atoms with Crippen LogP contribution in [-0.4, -0.2) is 0 Å². The van der Waals surface area contributed by atoms with Gasteiger partial charge in [0.1, 0.15) is 0 Å². The summed E-state index contributed by atoms with van der Waals surface area (Å²) in [6, 6.07) is 8.71. The van der Waals surface area contributed by atoms with E-state index >= 15 is 0 Å². The van der Waals surface area contributed by atoms with Crippen LogP contribution in [0.2, 0.25) is 0 Å². The van der Waals surface area contributed by atoms with Gasteiger partial charge in [0.05, 0.1) is 0 Å². The summed E-state index contributed by atoms with van der Waals surface area (Å²) in [5.74, 6) is 0. The first kappa shape index (κ1) is 15.4. The maximum atomic E-state index is 6.07. The summed E-state index contributed by atoms with van der Waals surface area (Å²) in [7, 11) is 0. The molecule has 0 bridgehead atoms. The summed E-state index contributed by atoms with van der Waals surface area (Å²) in [5, 5.41) is 0. The van der Waals surface area contributed by atoms with Crippen LogP contribution in [0.25, 0.3) is 0 Å². The van der Waals surface area contributed by atoms with E-state index in [1.54, 1.807) is 0 Å². The molecular weight excluding hydrogens is 256 g/mol. The molecule has 0 radical (unpaired) electrons. The second-order valence-corrected chi connectivity index (χ2v) is 5.84. The average Bonchev–Trinajstić information content (AvgIpc) is 2.44. The quantitative estimate of drug-likeness (QED) is 0.826. The van der Waals surface area contributed by atoms with Crippen LogP contribution >= 0.6 is 0 Å². The molecule has 0 unspecified atom stereocenters. The normalized spacial score (nSPS) is 10.9. The fourth-order valence-electron chi connectivity index (χ4n) is 2.85. The molecule has 0 heterocycles. The third kappa shape index (κ3) is 3.21. The molecule has 0 atom stereocenters. The zero-order chi connectivity index (χ0) is 15.6. The van der Waals surface area contributed by atoms with Crippen molar-refractivity contribution in [3.8, 4) is 0 Å².